The maximum atomic E-state index is 11.5. The molecule has 0 aromatic heterocycles. The summed E-state index contributed by atoms with van der Waals surface area (Å²) >= 11 is 0. The van der Waals surface area contributed by atoms with E-state index in [9.17, 15) is 13.2 Å². The molecule has 0 aliphatic rings. The number of nitrogen functional groups attached to an aromatic ring is 1. The van der Waals surface area contributed by atoms with E-state index in [1.54, 1.807) is 13.0 Å². The van der Waals surface area contributed by atoms with Crippen molar-refractivity contribution in [1.29, 1.82) is 0 Å². The van der Waals surface area contributed by atoms with E-state index in [0.29, 0.717) is 17.8 Å². The van der Waals surface area contributed by atoms with Crippen LogP contribution in [0.1, 0.15) is 18.9 Å². The van der Waals surface area contributed by atoms with Gasteiger partial charge < -0.3 is 16.4 Å². The molecule has 6 N–H and O–H groups in total. The van der Waals surface area contributed by atoms with Gasteiger partial charge in [0.2, 0.25) is 15.9 Å². The quantitative estimate of drug-likeness (QED) is 0.557. The fourth-order valence-corrected chi connectivity index (χ4v) is 2.53. The monoisotopic (exact) mass is 300 g/mol. The van der Waals surface area contributed by atoms with E-state index in [1.165, 1.54) is 6.07 Å². The van der Waals surface area contributed by atoms with Gasteiger partial charge in [0.1, 0.15) is 0 Å². The number of anilines is 2. The van der Waals surface area contributed by atoms with Gasteiger partial charge in [-0.2, -0.15) is 0 Å². The summed E-state index contributed by atoms with van der Waals surface area (Å²) in [6, 6.07) is 2.87. The number of sulfonamides is 1. The molecule has 1 aromatic rings. The highest BCUT2D eigenvalue weighted by atomic mass is 32.2. The fourth-order valence-electron chi connectivity index (χ4n) is 1.69. The number of carbonyl (C=O) groups excluding carboxylic acids is 1. The molecule has 1 rings (SSSR count). The lowest BCUT2D eigenvalue weighted by Crippen LogP contribution is -2.30. The molecule has 0 aliphatic carbocycles. The van der Waals surface area contributed by atoms with Crippen LogP contribution in [-0.4, -0.2) is 27.4 Å². The Hall–Kier alpha value is -1.80. The van der Waals surface area contributed by atoms with Gasteiger partial charge in [-0.05, 0) is 31.0 Å². The molecule has 1 amide bonds. The van der Waals surface area contributed by atoms with Crippen LogP contribution in [0.2, 0.25) is 0 Å². The first-order chi connectivity index (χ1) is 9.25. The minimum atomic E-state index is -3.85. The number of nitrogens with two attached hydrogens (primary N) is 2. The molecule has 0 spiro atoms. The maximum Gasteiger partial charge on any atom is 0.239 e. The molecule has 20 heavy (non-hydrogen) atoms. The molecule has 112 valence electrons. The minimum absolute atomic E-state index is 0.0361. The Morgan fingerprint density at radius 1 is 1.35 bits per heavy atom. The Bertz CT molecular complexity index is 599. The van der Waals surface area contributed by atoms with E-state index in [1.807, 2.05) is 6.92 Å². The maximum absolute atomic E-state index is 11.5. The highest BCUT2D eigenvalue weighted by molar-refractivity contribution is 7.89. The van der Waals surface area contributed by atoms with Crippen molar-refractivity contribution >= 4 is 27.3 Å². The number of amides is 1. The summed E-state index contributed by atoms with van der Waals surface area (Å²) in [6.45, 7) is 4.19. The second-order valence-electron chi connectivity index (χ2n) is 4.44. The molecule has 0 atom stereocenters. The van der Waals surface area contributed by atoms with Crippen LogP contribution in [0.4, 0.5) is 11.4 Å². The lowest BCUT2D eigenvalue weighted by Gasteiger charge is -2.13. The largest absolute Gasteiger partial charge is 0.399 e. The molecule has 0 heterocycles. The topological polar surface area (TPSA) is 127 Å². The van der Waals surface area contributed by atoms with Gasteiger partial charge in [0.05, 0.1) is 11.4 Å². The van der Waals surface area contributed by atoms with Crippen molar-refractivity contribution in [2.75, 3.05) is 24.1 Å². The Morgan fingerprint density at radius 2 is 2.00 bits per heavy atom. The molecule has 7 nitrogen and oxygen atoms in total. The van der Waals surface area contributed by atoms with Gasteiger partial charge in [-0.15, -0.1) is 0 Å². The third-order valence-corrected chi connectivity index (χ3v) is 3.74. The van der Waals surface area contributed by atoms with E-state index >= 15 is 0 Å². The van der Waals surface area contributed by atoms with Gasteiger partial charge in [-0.3, -0.25) is 4.79 Å². The molecular weight excluding hydrogens is 280 g/mol. The smallest absolute Gasteiger partial charge is 0.239 e. The molecule has 0 fully saturated rings. The van der Waals surface area contributed by atoms with Gasteiger partial charge in [0.25, 0.3) is 0 Å². The standard InChI is InChI=1S/C12H20N4O3S/c1-3-4-15-12(17)7-16-10-5-9(13)6-11(8(10)2)20(14,18)19/h5-6,16H,3-4,7,13H2,1-2H3,(H,15,17)(H2,14,18,19). The van der Waals surface area contributed by atoms with Gasteiger partial charge in [-0.1, -0.05) is 6.92 Å². The highest BCUT2D eigenvalue weighted by Crippen LogP contribution is 2.25. The van der Waals surface area contributed by atoms with Crippen molar-refractivity contribution in [2.45, 2.75) is 25.2 Å². The van der Waals surface area contributed by atoms with E-state index in [4.69, 9.17) is 10.9 Å². The van der Waals surface area contributed by atoms with Crippen LogP contribution in [0.25, 0.3) is 0 Å². The van der Waals surface area contributed by atoms with Crippen molar-refractivity contribution in [3.63, 3.8) is 0 Å². The van der Waals surface area contributed by atoms with Gasteiger partial charge in [-0.25, -0.2) is 13.6 Å². The molecule has 0 radical (unpaired) electrons. The first-order valence-corrected chi connectivity index (χ1v) is 7.73. The van der Waals surface area contributed by atoms with Crippen molar-refractivity contribution in [3.8, 4) is 0 Å². The first kappa shape index (κ1) is 16.3. The van der Waals surface area contributed by atoms with Crippen LogP contribution >= 0.6 is 0 Å². The number of rotatable bonds is 6. The van der Waals surface area contributed by atoms with E-state index in [-0.39, 0.29) is 23.0 Å². The minimum Gasteiger partial charge on any atom is -0.399 e. The van der Waals surface area contributed by atoms with Gasteiger partial charge in [0, 0.05) is 17.9 Å². The average molecular weight is 300 g/mol. The second-order valence-corrected chi connectivity index (χ2v) is 5.97. The SMILES string of the molecule is CCCNC(=O)CNc1cc(N)cc(S(N)(=O)=O)c1C. The summed E-state index contributed by atoms with van der Waals surface area (Å²) in [6.07, 6.45) is 0.846. The number of hydrogen-bond donors (Lipinski definition) is 4. The van der Waals surface area contributed by atoms with Crippen molar-refractivity contribution in [3.05, 3.63) is 17.7 Å². The van der Waals surface area contributed by atoms with Crippen molar-refractivity contribution < 1.29 is 13.2 Å². The molecule has 1 aromatic carbocycles. The van der Waals surface area contributed by atoms with Crippen molar-refractivity contribution in [2.24, 2.45) is 5.14 Å². The van der Waals surface area contributed by atoms with Gasteiger partial charge in [0.15, 0.2) is 0 Å². The van der Waals surface area contributed by atoms with Gasteiger partial charge >= 0.3 is 0 Å². The normalized spacial score (nSPS) is 11.2. The summed E-state index contributed by atoms with van der Waals surface area (Å²) in [4.78, 5) is 11.5. The van der Waals surface area contributed by atoms with Crippen LogP contribution in [0.3, 0.4) is 0 Å². The molecule has 0 saturated heterocycles. The Balaban J connectivity index is 2.91. The summed E-state index contributed by atoms with van der Waals surface area (Å²) in [7, 11) is -3.85. The number of primary sulfonamides is 1. The van der Waals surface area contributed by atoms with Crippen LogP contribution in [0.15, 0.2) is 17.0 Å². The van der Waals surface area contributed by atoms with Crippen LogP contribution in [-0.2, 0) is 14.8 Å². The Morgan fingerprint density at radius 3 is 2.55 bits per heavy atom. The molecule has 0 bridgehead atoms. The Labute approximate surface area is 118 Å². The lowest BCUT2D eigenvalue weighted by atomic mass is 10.2. The predicted octanol–water partition coefficient (Wildman–Crippen LogP) is 0.163. The third kappa shape index (κ3) is 4.39. The summed E-state index contributed by atoms with van der Waals surface area (Å²) < 4.78 is 22.9. The lowest BCUT2D eigenvalue weighted by molar-refractivity contribution is -0.119. The van der Waals surface area contributed by atoms with Crippen LogP contribution < -0.4 is 21.5 Å². The van der Waals surface area contributed by atoms with E-state index < -0.39 is 10.0 Å². The highest BCUT2D eigenvalue weighted by Gasteiger charge is 2.15. The third-order valence-electron chi connectivity index (χ3n) is 2.70. The van der Waals surface area contributed by atoms with Crippen LogP contribution in [0.5, 0.6) is 0 Å². The van der Waals surface area contributed by atoms with E-state index in [2.05, 4.69) is 10.6 Å². The van der Waals surface area contributed by atoms with Crippen LogP contribution in [0, 0.1) is 6.92 Å². The zero-order valence-electron chi connectivity index (χ0n) is 11.6. The molecule has 0 aliphatic heterocycles. The molecule has 0 unspecified atom stereocenters. The first-order valence-electron chi connectivity index (χ1n) is 6.19. The molecule has 8 heteroatoms. The Kier molecular flexibility index (Phi) is 5.34. The summed E-state index contributed by atoms with van der Waals surface area (Å²) in [5.41, 5.74) is 6.82. The van der Waals surface area contributed by atoms with E-state index in [0.717, 1.165) is 6.42 Å². The number of carbonyl (C=O) groups is 1. The zero-order chi connectivity index (χ0) is 15.3. The number of nitrogens with one attached hydrogen (secondary N) is 2. The number of hydrogen-bond acceptors (Lipinski definition) is 5. The fraction of sp³-hybridized carbons (Fsp3) is 0.417. The van der Waals surface area contributed by atoms with Crippen molar-refractivity contribution in [1.82, 2.24) is 5.32 Å². The molecule has 0 saturated carbocycles. The molecular formula is C12H20N4O3S. The zero-order valence-corrected chi connectivity index (χ0v) is 12.4. The second kappa shape index (κ2) is 6.58. The summed E-state index contributed by atoms with van der Waals surface area (Å²) in [5, 5.41) is 10.7. The predicted molar refractivity (Wildman–Crippen MR) is 78.8 cm³/mol. The summed E-state index contributed by atoms with van der Waals surface area (Å²) in [5.74, 6) is -0.175. The number of benzene rings is 1. The average Bonchev–Trinajstić information content (AvgIpc) is 2.35.